The zero-order chi connectivity index (χ0) is 29.9. The summed E-state index contributed by atoms with van der Waals surface area (Å²) in [6, 6.07) is 53.7. The van der Waals surface area contributed by atoms with Gasteiger partial charge in [0.05, 0.1) is 27.8 Å². The Morgan fingerprint density at radius 1 is 0.400 bits per heavy atom. The molecule has 4 heteroatoms. The van der Waals surface area contributed by atoms with Crippen molar-refractivity contribution in [2.24, 2.45) is 0 Å². The highest BCUT2D eigenvalue weighted by molar-refractivity contribution is 6.12. The average Bonchev–Trinajstić information content (AvgIpc) is 3.61. The Balaban J connectivity index is 1.23. The van der Waals surface area contributed by atoms with Crippen molar-refractivity contribution in [1.82, 2.24) is 14.1 Å². The van der Waals surface area contributed by atoms with Crippen molar-refractivity contribution in [2.45, 2.75) is 0 Å². The molecule has 0 saturated heterocycles. The minimum absolute atomic E-state index is 0.256. The lowest BCUT2D eigenvalue weighted by Gasteiger charge is -2.10. The molecule has 9 aromatic rings. The van der Waals surface area contributed by atoms with Crippen molar-refractivity contribution in [1.29, 1.82) is 0 Å². The third-order valence-corrected chi connectivity index (χ3v) is 8.80. The maximum Gasteiger partial charge on any atom is 0.138 e. The number of hydrogen-bond acceptors (Lipinski definition) is 1. The molecule has 0 aliphatic rings. The first kappa shape index (κ1) is 25.5. The van der Waals surface area contributed by atoms with Gasteiger partial charge in [-0.05, 0) is 90.0 Å². The summed E-state index contributed by atoms with van der Waals surface area (Å²) in [5.41, 5.74) is 9.71. The normalized spacial score (nSPS) is 11.7. The lowest BCUT2D eigenvalue weighted by Crippen LogP contribution is -1.98. The summed E-state index contributed by atoms with van der Waals surface area (Å²) in [4.78, 5) is 5.03. The van der Waals surface area contributed by atoms with Gasteiger partial charge >= 0.3 is 0 Å². The van der Waals surface area contributed by atoms with E-state index in [2.05, 4.69) is 124 Å². The molecule has 0 aliphatic carbocycles. The van der Waals surface area contributed by atoms with Crippen molar-refractivity contribution in [3.63, 3.8) is 0 Å². The Labute approximate surface area is 259 Å². The van der Waals surface area contributed by atoms with E-state index in [1.165, 1.54) is 44.7 Å². The molecule has 0 bridgehead atoms. The molecule has 0 amide bonds. The Morgan fingerprint density at radius 3 is 1.80 bits per heavy atom. The highest BCUT2D eigenvalue weighted by atomic mass is 19.1. The van der Waals surface area contributed by atoms with Crippen LogP contribution in [0.3, 0.4) is 0 Å². The molecule has 0 aliphatic heterocycles. The van der Waals surface area contributed by atoms with Crippen molar-refractivity contribution in [3.8, 4) is 33.9 Å². The van der Waals surface area contributed by atoms with Gasteiger partial charge in [-0.2, -0.15) is 0 Å². The second kappa shape index (κ2) is 10.0. The first-order valence-electron chi connectivity index (χ1n) is 15.1. The molecular weight excluding hydrogens is 553 g/mol. The zero-order valence-corrected chi connectivity index (χ0v) is 24.2. The summed E-state index contributed by atoms with van der Waals surface area (Å²) in [5, 5.41) is 4.82. The SMILES string of the molecule is Fc1ccc(-c2cccc(-n3c4ccccc4c4cc(-c5ccc6c7ccccc7n(-c7ccccc7)c6c5)ccc43)n2)cc1. The minimum atomic E-state index is -0.256. The van der Waals surface area contributed by atoms with Gasteiger partial charge in [-0.1, -0.05) is 78.9 Å². The van der Waals surface area contributed by atoms with Gasteiger partial charge in [0.2, 0.25) is 0 Å². The van der Waals surface area contributed by atoms with Crippen LogP contribution in [0, 0.1) is 5.82 Å². The van der Waals surface area contributed by atoms with Crippen LogP contribution in [0.2, 0.25) is 0 Å². The predicted molar refractivity (Wildman–Crippen MR) is 184 cm³/mol. The smallest absolute Gasteiger partial charge is 0.138 e. The van der Waals surface area contributed by atoms with Gasteiger partial charge in [-0.15, -0.1) is 0 Å². The van der Waals surface area contributed by atoms with Crippen LogP contribution in [0.5, 0.6) is 0 Å². The standard InChI is InChI=1S/C41H26FN3/c42-30-21-17-27(18-22-30)36-13-8-16-41(43-36)45-38-15-7-5-12-33(38)35-25-28(20-24-39(35)45)29-19-23-34-32-11-4-6-14-37(32)44(40(34)26-29)31-9-2-1-3-10-31/h1-26H. The number of fused-ring (bicyclic) bond motifs is 6. The molecule has 9 rings (SSSR count). The number of para-hydroxylation sites is 3. The molecule has 0 saturated carbocycles. The molecule has 0 N–H and O–H groups in total. The number of hydrogen-bond donors (Lipinski definition) is 0. The maximum atomic E-state index is 13.6. The number of benzene rings is 6. The van der Waals surface area contributed by atoms with Crippen molar-refractivity contribution in [3.05, 3.63) is 164 Å². The zero-order valence-electron chi connectivity index (χ0n) is 24.2. The van der Waals surface area contributed by atoms with E-state index in [0.717, 1.165) is 44.9 Å². The Bertz CT molecular complexity index is 2540. The van der Waals surface area contributed by atoms with Crippen LogP contribution in [0.1, 0.15) is 0 Å². The van der Waals surface area contributed by atoms with Gasteiger partial charge in [-0.3, -0.25) is 4.57 Å². The molecule has 45 heavy (non-hydrogen) atoms. The van der Waals surface area contributed by atoms with E-state index in [1.54, 1.807) is 12.1 Å². The first-order chi connectivity index (χ1) is 22.2. The fourth-order valence-electron chi connectivity index (χ4n) is 6.73. The molecule has 0 unspecified atom stereocenters. The highest BCUT2D eigenvalue weighted by Gasteiger charge is 2.16. The van der Waals surface area contributed by atoms with Gasteiger partial charge in [0.25, 0.3) is 0 Å². The first-order valence-corrected chi connectivity index (χ1v) is 15.1. The molecule has 3 heterocycles. The maximum absolute atomic E-state index is 13.6. The molecule has 212 valence electrons. The molecule has 0 fully saturated rings. The predicted octanol–water partition coefficient (Wildman–Crippen LogP) is 10.7. The molecule has 0 radical (unpaired) electrons. The summed E-state index contributed by atoms with van der Waals surface area (Å²) in [6.07, 6.45) is 0. The van der Waals surface area contributed by atoms with Crippen LogP contribution >= 0.6 is 0 Å². The quantitative estimate of drug-likeness (QED) is 0.203. The van der Waals surface area contributed by atoms with E-state index in [-0.39, 0.29) is 5.82 Å². The Hall–Kier alpha value is -6.00. The second-order valence-corrected chi connectivity index (χ2v) is 11.4. The number of aromatic nitrogens is 3. The average molecular weight is 580 g/mol. The van der Waals surface area contributed by atoms with E-state index >= 15 is 0 Å². The molecule has 0 spiro atoms. The summed E-state index contributed by atoms with van der Waals surface area (Å²) in [5.74, 6) is 0.568. The van der Waals surface area contributed by atoms with Crippen LogP contribution in [0.4, 0.5) is 4.39 Å². The molecular formula is C41H26FN3. The van der Waals surface area contributed by atoms with Gasteiger partial charge in [0.1, 0.15) is 11.6 Å². The van der Waals surface area contributed by atoms with Crippen LogP contribution < -0.4 is 0 Å². The third-order valence-electron chi connectivity index (χ3n) is 8.80. The largest absolute Gasteiger partial charge is 0.309 e. The van der Waals surface area contributed by atoms with E-state index in [0.29, 0.717) is 0 Å². The van der Waals surface area contributed by atoms with Crippen LogP contribution in [-0.2, 0) is 0 Å². The monoisotopic (exact) mass is 579 g/mol. The lowest BCUT2D eigenvalue weighted by molar-refractivity contribution is 0.628. The number of nitrogens with zero attached hydrogens (tertiary/aromatic N) is 3. The summed E-state index contributed by atoms with van der Waals surface area (Å²) in [7, 11) is 0. The van der Waals surface area contributed by atoms with E-state index in [4.69, 9.17) is 4.98 Å². The fourth-order valence-corrected chi connectivity index (χ4v) is 6.73. The van der Waals surface area contributed by atoms with Crippen LogP contribution in [0.15, 0.2) is 158 Å². The van der Waals surface area contributed by atoms with E-state index in [1.807, 2.05) is 18.2 Å². The van der Waals surface area contributed by atoms with E-state index in [9.17, 15) is 4.39 Å². The molecule has 3 aromatic heterocycles. The molecule has 0 atom stereocenters. The van der Waals surface area contributed by atoms with Crippen molar-refractivity contribution in [2.75, 3.05) is 0 Å². The van der Waals surface area contributed by atoms with Crippen LogP contribution in [0.25, 0.3) is 77.5 Å². The van der Waals surface area contributed by atoms with Crippen molar-refractivity contribution >= 4 is 43.6 Å². The molecule has 3 nitrogen and oxygen atoms in total. The fraction of sp³-hybridized carbons (Fsp3) is 0. The number of halogens is 1. The Morgan fingerprint density at radius 2 is 1.00 bits per heavy atom. The topological polar surface area (TPSA) is 22.8 Å². The van der Waals surface area contributed by atoms with Gasteiger partial charge in [0.15, 0.2) is 0 Å². The van der Waals surface area contributed by atoms with Crippen LogP contribution in [-0.4, -0.2) is 14.1 Å². The van der Waals surface area contributed by atoms with Gasteiger partial charge in [-0.25, -0.2) is 9.37 Å². The third kappa shape index (κ3) is 4.07. The summed E-state index contributed by atoms with van der Waals surface area (Å²) < 4.78 is 18.2. The second-order valence-electron chi connectivity index (χ2n) is 11.4. The number of pyridine rings is 1. The number of rotatable bonds is 4. The summed E-state index contributed by atoms with van der Waals surface area (Å²) in [6.45, 7) is 0. The van der Waals surface area contributed by atoms with Crippen molar-refractivity contribution < 1.29 is 4.39 Å². The van der Waals surface area contributed by atoms with Gasteiger partial charge in [0, 0.05) is 32.8 Å². The highest BCUT2D eigenvalue weighted by Crippen LogP contribution is 2.38. The van der Waals surface area contributed by atoms with E-state index < -0.39 is 0 Å². The Kier molecular flexibility index (Phi) is 5.69. The van der Waals surface area contributed by atoms with Gasteiger partial charge < -0.3 is 4.57 Å². The molecule has 6 aromatic carbocycles. The lowest BCUT2D eigenvalue weighted by atomic mass is 10.0. The summed E-state index contributed by atoms with van der Waals surface area (Å²) >= 11 is 0. The minimum Gasteiger partial charge on any atom is -0.309 e.